The van der Waals surface area contributed by atoms with Gasteiger partial charge >= 0.3 is 5.97 Å². The summed E-state index contributed by atoms with van der Waals surface area (Å²) >= 11 is 2.21. The van der Waals surface area contributed by atoms with Gasteiger partial charge in [-0.25, -0.2) is 9.79 Å². The molecular formula is C21H20INO4. The van der Waals surface area contributed by atoms with Crippen molar-refractivity contribution in [1.82, 2.24) is 0 Å². The molecule has 0 unspecified atom stereocenters. The number of carbonyl (C=O) groups excluding carboxylic acids is 1. The fraction of sp³-hybridized carbons (Fsp3) is 0.238. The molecule has 0 aliphatic carbocycles. The Kier molecular flexibility index (Phi) is 6.49. The molecule has 0 amide bonds. The molecule has 3 rings (SSSR count). The van der Waals surface area contributed by atoms with E-state index in [2.05, 4.69) is 34.5 Å². The highest BCUT2D eigenvalue weighted by Crippen LogP contribution is 2.35. The summed E-state index contributed by atoms with van der Waals surface area (Å²) in [7, 11) is 0. The molecule has 5 nitrogen and oxygen atoms in total. The van der Waals surface area contributed by atoms with E-state index in [4.69, 9.17) is 14.2 Å². The summed E-state index contributed by atoms with van der Waals surface area (Å²) in [5, 5.41) is 0. The van der Waals surface area contributed by atoms with Gasteiger partial charge in [-0.05, 0) is 71.8 Å². The molecule has 2 aromatic rings. The summed E-state index contributed by atoms with van der Waals surface area (Å²) in [5.41, 5.74) is 1.83. The van der Waals surface area contributed by atoms with Gasteiger partial charge in [0.15, 0.2) is 17.2 Å². The van der Waals surface area contributed by atoms with E-state index in [0.29, 0.717) is 24.9 Å². The number of halogens is 1. The van der Waals surface area contributed by atoms with Crippen LogP contribution in [0.5, 0.6) is 11.5 Å². The van der Waals surface area contributed by atoms with Gasteiger partial charge in [0.1, 0.15) is 0 Å². The smallest absolute Gasteiger partial charge is 0.363 e. The van der Waals surface area contributed by atoms with Crippen molar-refractivity contribution >= 4 is 40.5 Å². The highest BCUT2D eigenvalue weighted by molar-refractivity contribution is 14.1. The molecule has 1 heterocycles. The minimum absolute atomic E-state index is 0.259. The molecule has 0 spiro atoms. The van der Waals surface area contributed by atoms with Gasteiger partial charge in [0.25, 0.3) is 0 Å². The maximum Gasteiger partial charge on any atom is 0.363 e. The Bertz CT molecular complexity index is 891. The van der Waals surface area contributed by atoms with Crippen molar-refractivity contribution in [3.8, 4) is 11.5 Å². The number of ether oxygens (including phenoxy) is 3. The molecule has 27 heavy (non-hydrogen) atoms. The Morgan fingerprint density at radius 2 is 1.93 bits per heavy atom. The Balaban J connectivity index is 1.94. The Labute approximate surface area is 172 Å². The van der Waals surface area contributed by atoms with Crippen molar-refractivity contribution in [2.75, 3.05) is 13.2 Å². The average Bonchev–Trinajstić information content (AvgIpc) is 3.03. The lowest BCUT2D eigenvalue weighted by Gasteiger charge is -2.14. The van der Waals surface area contributed by atoms with Crippen LogP contribution in [0.3, 0.4) is 0 Å². The quantitative estimate of drug-likeness (QED) is 0.326. The standard InChI is InChI=1S/C21H20INO4/c1-3-10-26-19-16(22)11-14(13-18(19)25-4-2)12-17-21(24)27-20(23-17)15-8-6-5-7-9-15/h5-9,11-13H,3-4,10H2,1-2H3/b17-12+. The fourth-order valence-electron chi connectivity index (χ4n) is 2.55. The first-order chi connectivity index (χ1) is 13.1. The van der Waals surface area contributed by atoms with Crippen molar-refractivity contribution in [2.24, 2.45) is 4.99 Å². The van der Waals surface area contributed by atoms with Crippen molar-refractivity contribution in [1.29, 1.82) is 0 Å². The van der Waals surface area contributed by atoms with Crippen molar-refractivity contribution < 1.29 is 19.0 Å². The van der Waals surface area contributed by atoms with Crippen LogP contribution < -0.4 is 9.47 Å². The van der Waals surface area contributed by atoms with Crippen LogP contribution in [0.1, 0.15) is 31.4 Å². The molecule has 0 atom stereocenters. The molecule has 1 aliphatic heterocycles. The lowest BCUT2D eigenvalue weighted by molar-refractivity contribution is -0.129. The molecule has 0 fully saturated rings. The summed E-state index contributed by atoms with van der Waals surface area (Å²) in [4.78, 5) is 16.5. The van der Waals surface area contributed by atoms with Crippen LogP contribution in [0.15, 0.2) is 53.2 Å². The van der Waals surface area contributed by atoms with Crippen LogP contribution >= 0.6 is 22.6 Å². The van der Waals surface area contributed by atoms with E-state index >= 15 is 0 Å². The summed E-state index contributed by atoms with van der Waals surface area (Å²) in [5.74, 6) is 1.23. The SMILES string of the molecule is CCCOc1c(I)cc(/C=C2/N=C(c3ccccc3)OC2=O)cc1OCC. The minimum atomic E-state index is -0.465. The number of aliphatic imine (C=N–C) groups is 1. The van der Waals surface area contributed by atoms with Crippen LogP contribution in [0, 0.1) is 3.57 Å². The van der Waals surface area contributed by atoms with E-state index in [-0.39, 0.29) is 5.70 Å². The Hall–Kier alpha value is -2.35. The highest BCUT2D eigenvalue weighted by atomic mass is 127. The number of benzene rings is 2. The van der Waals surface area contributed by atoms with Crippen molar-refractivity contribution in [3.63, 3.8) is 0 Å². The van der Waals surface area contributed by atoms with Crippen LogP contribution in [0.25, 0.3) is 6.08 Å². The molecule has 1 aliphatic rings. The van der Waals surface area contributed by atoms with E-state index in [1.165, 1.54) is 0 Å². The maximum atomic E-state index is 12.2. The highest BCUT2D eigenvalue weighted by Gasteiger charge is 2.24. The van der Waals surface area contributed by atoms with Gasteiger partial charge < -0.3 is 14.2 Å². The molecule has 0 aromatic heterocycles. The van der Waals surface area contributed by atoms with Crippen molar-refractivity contribution in [2.45, 2.75) is 20.3 Å². The predicted molar refractivity (Wildman–Crippen MR) is 113 cm³/mol. The zero-order chi connectivity index (χ0) is 19.2. The minimum Gasteiger partial charge on any atom is -0.490 e. The van der Waals surface area contributed by atoms with Gasteiger partial charge in [0.05, 0.1) is 16.8 Å². The van der Waals surface area contributed by atoms with Gasteiger partial charge in [0, 0.05) is 5.56 Å². The number of hydrogen-bond donors (Lipinski definition) is 0. The summed E-state index contributed by atoms with van der Waals surface area (Å²) in [6.07, 6.45) is 2.61. The summed E-state index contributed by atoms with van der Waals surface area (Å²) in [6, 6.07) is 13.1. The lowest BCUT2D eigenvalue weighted by atomic mass is 10.1. The Morgan fingerprint density at radius 3 is 2.63 bits per heavy atom. The number of esters is 1. The molecule has 2 aromatic carbocycles. The van der Waals surface area contributed by atoms with Crippen LogP contribution in [-0.4, -0.2) is 25.1 Å². The van der Waals surface area contributed by atoms with Crippen LogP contribution in [0.2, 0.25) is 0 Å². The van der Waals surface area contributed by atoms with Crippen molar-refractivity contribution in [3.05, 3.63) is 62.9 Å². The van der Waals surface area contributed by atoms with Gasteiger partial charge in [-0.15, -0.1) is 0 Å². The summed E-state index contributed by atoms with van der Waals surface area (Å²) < 4.78 is 17.8. The van der Waals surface area contributed by atoms with E-state index < -0.39 is 5.97 Å². The second-order valence-electron chi connectivity index (χ2n) is 5.81. The Morgan fingerprint density at radius 1 is 1.15 bits per heavy atom. The van der Waals surface area contributed by atoms with E-state index in [1.54, 1.807) is 6.08 Å². The third-order valence-electron chi connectivity index (χ3n) is 3.73. The van der Waals surface area contributed by atoms with Gasteiger partial charge in [0.2, 0.25) is 5.90 Å². The number of cyclic esters (lactones) is 1. The molecule has 140 valence electrons. The maximum absolute atomic E-state index is 12.2. The first-order valence-electron chi connectivity index (χ1n) is 8.79. The predicted octanol–water partition coefficient (Wildman–Crippen LogP) is 4.82. The largest absolute Gasteiger partial charge is 0.490 e. The molecule has 6 heteroatoms. The average molecular weight is 477 g/mol. The topological polar surface area (TPSA) is 57.1 Å². The fourth-order valence-corrected chi connectivity index (χ4v) is 3.33. The van der Waals surface area contributed by atoms with E-state index in [0.717, 1.165) is 26.9 Å². The molecule has 0 saturated carbocycles. The number of carbonyl (C=O) groups is 1. The number of nitrogens with zero attached hydrogens (tertiary/aromatic N) is 1. The van der Waals surface area contributed by atoms with Crippen LogP contribution in [0.4, 0.5) is 0 Å². The molecule has 0 N–H and O–H groups in total. The monoisotopic (exact) mass is 477 g/mol. The molecule has 0 radical (unpaired) electrons. The second-order valence-corrected chi connectivity index (χ2v) is 6.98. The van der Waals surface area contributed by atoms with Crippen LogP contribution in [-0.2, 0) is 9.53 Å². The van der Waals surface area contributed by atoms with Gasteiger partial charge in [-0.2, -0.15) is 0 Å². The lowest BCUT2D eigenvalue weighted by Crippen LogP contribution is -2.05. The van der Waals surface area contributed by atoms with E-state index in [9.17, 15) is 4.79 Å². The van der Waals surface area contributed by atoms with Gasteiger partial charge in [-0.1, -0.05) is 25.1 Å². The number of hydrogen-bond acceptors (Lipinski definition) is 5. The van der Waals surface area contributed by atoms with Gasteiger partial charge in [-0.3, -0.25) is 0 Å². The zero-order valence-corrected chi connectivity index (χ0v) is 17.4. The summed E-state index contributed by atoms with van der Waals surface area (Å²) in [6.45, 7) is 5.12. The first kappa shape index (κ1) is 19.4. The molecule has 0 saturated heterocycles. The second kappa shape index (κ2) is 9.03. The van der Waals surface area contributed by atoms with E-state index in [1.807, 2.05) is 49.4 Å². The zero-order valence-electron chi connectivity index (χ0n) is 15.2. The first-order valence-corrected chi connectivity index (χ1v) is 9.87. The molecular weight excluding hydrogens is 457 g/mol. The number of rotatable bonds is 7. The third-order valence-corrected chi connectivity index (χ3v) is 4.53. The normalized spacial score (nSPS) is 14.9. The third kappa shape index (κ3) is 4.68. The molecule has 0 bridgehead atoms.